The molecule has 0 saturated heterocycles. The van der Waals surface area contributed by atoms with E-state index >= 15 is 0 Å². The summed E-state index contributed by atoms with van der Waals surface area (Å²) in [6.07, 6.45) is 4.32. The Bertz CT molecular complexity index is 964. The van der Waals surface area contributed by atoms with Gasteiger partial charge in [-0.25, -0.2) is 9.97 Å². The van der Waals surface area contributed by atoms with E-state index in [9.17, 15) is 4.79 Å². The Hall–Kier alpha value is -1.97. The summed E-state index contributed by atoms with van der Waals surface area (Å²) in [4.78, 5) is 24.5. The van der Waals surface area contributed by atoms with Crippen molar-refractivity contribution < 1.29 is 4.74 Å². The van der Waals surface area contributed by atoms with Gasteiger partial charge in [-0.05, 0) is 41.5 Å². The van der Waals surface area contributed by atoms with Crippen molar-refractivity contribution in [1.29, 1.82) is 0 Å². The van der Waals surface area contributed by atoms with Crippen LogP contribution in [0, 0.1) is 3.57 Å². The van der Waals surface area contributed by atoms with E-state index in [2.05, 4.69) is 44.6 Å². The fraction of sp³-hybridized carbons (Fsp3) is 0.412. The lowest BCUT2D eigenvalue weighted by molar-refractivity contribution is 0.306. The number of hydrogen-bond donors (Lipinski definition) is 1. The molecule has 0 amide bonds. The lowest BCUT2D eigenvalue weighted by Crippen LogP contribution is -2.13. The number of H-pyrrole nitrogens is 1. The van der Waals surface area contributed by atoms with Crippen molar-refractivity contribution in [2.45, 2.75) is 33.1 Å². The third-order valence-corrected chi connectivity index (χ3v) is 4.36. The Morgan fingerprint density at radius 3 is 2.84 bits per heavy atom. The highest BCUT2D eigenvalue weighted by Crippen LogP contribution is 2.28. The Balaban J connectivity index is 2.21. The summed E-state index contributed by atoms with van der Waals surface area (Å²) in [7, 11) is 1.76. The average molecular weight is 453 g/mol. The van der Waals surface area contributed by atoms with Gasteiger partial charge in [-0.3, -0.25) is 9.48 Å². The van der Waals surface area contributed by atoms with Gasteiger partial charge in [-0.15, -0.1) is 0 Å². The van der Waals surface area contributed by atoms with Crippen LogP contribution in [0.15, 0.2) is 17.1 Å². The van der Waals surface area contributed by atoms with Gasteiger partial charge in [-0.2, -0.15) is 5.10 Å². The van der Waals surface area contributed by atoms with Gasteiger partial charge >= 0.3 is 0 Å². The van der Waals surface area contributed by atoms with Crippen LogP contribution in [-0.4, -0.2) is 31.3 Å². The Kier molecular flexibility index (Phi) is 5.36. The minimum absolute atomic E-state index is 0.211. The number of hydrogen-bond acceptors (Lipinski definition) is 5. The lowest BCUT2D eigenvalue weighted by Gasteiger charge is -2.10. The van der Waals surface area contributed by atoms with E-state index in [0.29, 0.717) is 34.9 Å². The van der Waals surface area contributed by atoms with Crippen LogP contribution in [0.4, 0.5) is 0 Å². The van der Waals surface area contributed by atoms with Crippen molar-refractivity contribution in [3.05, 3.63) is 31.9 Å². The Morgan fingerprint density at radius 1 is 1.32 bits per heavy atom. The quantitative estimate of drug-likeness (QED) is 0.580. The second kappa shape index (κ2) is 7.51. The molecule has 0 atom stereocenters. The van der Waals surface area contributed by atoms with Gasteiger partial charge < -0.3 is 9.72 Å². The molecule has 0 radical (unpaired) electrons. The number of fused-ring (bicyclic) bond motifs is 1. The molecule has 8 heteroatoms. The molecule has 25 heavy (non-hydrogen) atoms. The van der Waals surface area contributed by atoms with E-state index in [1.165, 1.54) is 0 Å². The maximum atomic E-state index is 12.6. The summed E-state index contributed by atoms with van der Waals surface area (Å²) in [6, 6.07) is 1.92. The molecule has 0 unspecified atom stereocenters. The highest BCUT2D eigenvalue weighted by molar-refractivity contribution is 14.1. The van der Waals surface area contributed by atoms with E-state index in [1.54, 1.807) is 17.9 Å². The second-order valence-corrected chi connectivity index (χ2v) is 7.03. The van der Waals surface area contributed by atoms with Gasteiger partial charge in [-0.1, -0.05) is 20.3 Å². The van der Waals surface area contributed by atoms with E-state index in [-0.39, 0.29) is 5.56 Å². The normalized spacial score (nSPS) is 11.2. The SMILES string of the molecule is CCCOc1ncc(I)cc1-c1nc2c(CCC)nn(C)c2c(=O)[nH]1. The molecule has 0 aromatic carbocycles. The van der Waals surface area contributed by atoms with E-state index in [4.69, 9.17) is 9.72 Å². The Labute approximate surface area is 159 Å². The maximum Gasteiger partial charge on any atom is 0.277 e. The molecule has 3 aromatic rings. The molecule has 0 aliphatic rings. The molecular formula is C17H20IN5O2. The zero-order valence-corrected chi connectivity index (χ0v) is 16.6. The van der Waals surface area contributed by atoms with Crippen LogP contribution in [0.25, 0.3) is 22.4 Å². The summed E-state index contributed by atoms with van der Waals surface area (Å²) in [5.74, 6) is 0.936. The number of pyridine rings is 1. The highest BCUT2D eigenvalue weighted by atomic mass is 127. The van der Waals surface area contributed by atoms with Crippen molar-refractivity contribution in [3.8, 4) is 17.3 Å². The third kappa shape index (κ3) is 3.53. The van der Waals surface area contributed by atoms with Crippen LogP contribution in [-0.2, 0) is 13.5 Å². The molecule has 3 heterocycles. The van der Waals surface area contributed by atoms with E-state index < -0.39 is 0 Å². The van der Waals surface area contributed by atoms with Crippen LogP contribution in [0.5, 0.6) is 5.88 Å². The molecule has 132 valence electrons. The summed E-state index contributed by atoms with van der Waals surface area (Å²) < 4.78 is 8.27. The second-order valence-electron chi connectivity index (χ2n) is 5.79. The van der Waals surface area contributed by atoms with Crippen molar-refractivity contribution >= 4 is 33.6 Å². The predicted octanol–water partition coefficient (Wildman–Crippen LogP) is 3.06. The first kappa shape index (κ1) is 17.8. The first-order valence-electron chi connectivity index (χ1n) is 8.29. The molecule has 0 aliphatic carbocycles. The van der Waals surface area contributed by atoms with Gasteiger partial charge in [0.05, 0.1) is 17.9 Å². The zero-order valence-electron chi connectivity index (χ0n) is 14.5. The van der Waals surface area contributed by atoms with Crippen LogP contribution < -0.4 is 10.3 Å². The van der Waals surface area contributed by atoms with Gasteiger partial charge in [0, 0.05) is 16.8 Å². The van der Waals surface area contributed by atoms with Crippen molar-refractivity contribution in [2.75, 3.05) is 6.61 Å². The van der Waals surface area contributed by atoms with Crippen LogP contribution in [0.2, 0.25) is 0 Å². The number of nitrogens with zero attached hydrogens (tertiary/aromatic N) is 4. The maximum absolute atomic E-state index is 12.6. The first-order chi connectivity index (χ1) is 12.0. The molecular weight excluding hydrogens is 433 g/mol. The lowest BCUT2D eigenvalue weighted by atomic mass is 10.2. The van der Waals surface area contributed by atoms with Crippen LogP contribution in [0.3, 0.4) is 0 Å². The first-order valence-corrected chi connectivity index (χ1v) is 9.37. The summed E-state index contributed by atoms with van der Waals surface area (Å²) in [5.41, 5.74) is 2.44. The minimum Gasteiger partial charge on any atom is -0.477 e. The van der Waals surface area contributed by atoms with Gasteiger partial charge in [0.15, 0.2) is 5.52 Å². The number of aromatic amines is 1. The summed E-state index contributed by atoms with van der Waals surface area (Å²) in [5, 5.41) is 4.45. The molecule has 7 nitrogen and oxygen atoms in total. The molecule has 0 saturated carbocycles. The predicted molar refractivity (Wildman–Crippen MR) is 105 cm³/mol. The van der Waals surface area contributed by atoms with Crippen LogP contribution >= 0.6 is 22.6 Å². The van der Waals surface area contributed by atoms with E-state index in [1.807, 2.05) is 13.0 Å². The largest absolute Gasteiger partial charge is 0.477 e. The van der Waals surface area contributed by atoms with E-state index in [0.717, 1.165) is 28.5 Å². The van der Waals surface area contributed by atoms with Gasteiger partial charge in [0.1, 0.15) is 11.3 Å². The molecule has 1 N–H and O–H groups in total. The number of halogens is 1. The number of aryl methyl sites for hydroxylation is 2. The summed E-state index contributed by atoms with van der Waals surface area (Å²) in [6.45, 7) is 4.67. The minimum atomic E-state index is -0.211. The number of rotatable bonds is 6. The Morgan fingerprint density at radius 2 is 2.12 bits per heavy atom. The number of ether oxygens (including phenoxy) is 1. The number of nitrogens with one attached hydrogen (secondary N) is 1. The molecule has 0 fully saturated rings. The van der Waals surface area contributed by atoms with Gasteiger partial charge in [0.2, 0.25) is 5.88 Å². The standard InChI is InChI=1S/C17H20IN5O2/c1-4-6-12-13-14(23(3)22-12)16(24)21-15(20-13)11-8-10(18)9-19-17(11)25-7-5-2/h8-9H,4-7H2,1-3H3,(H,20,21,24). The number of aromatic nitrogens is 5. The molecule has 0 bridgehead atoms. The van der Waals surface area contributed by atoms with Crippen molar-refractivity contribution in [3.63, 3.8) is 0 Å². The smallest absolute Gasteiger partial charge is 0.277 e. The summed E-state index contributed by atoms with van der Waals surface area (Å²) >= 11 is 2.18. The van der Waals surface area contributed by atoms with Gasteiger partial charge in [0.25, 0.3) is 5.56 Å². The molecule has 3 aromatic heterocycles. The van der Waals surface area contributed by atoms with Crippen molar-refractivity contribution in [2.24, 2.45) is 7.05 Å². The topological polar surface area (TPSA) is 85.7 Å². The zero-order chi connectivity index (χ0) is 18.0. The van der Waals surface area contributed by atoms with Crippen LogP contribution in [0.1, 0.15) is 32.4 Å². The molecule has 3 rings (SSSR count). The molecule has 0 spiro atoms. The fourth-order valence-corrected chi connectivity index (χ4v) is 3.14. The fourth-order valence-electron chi connectivity index (χ4n) is 2.69. The molecule has 0 aliphatic heterocycles. The highest BCUT2D eigenvalue weighted by Gasteiger charge is 2.18. The monoisotopic (exact) mass is 453 g/mol. The third-order valence-electron chi connectivity index (χ3n) is 3.77. The average Bonchev–Trinajstić information content (AvgIpc) is 2.90. The van der Waals surface area contributed by atoms with Crippen molar-refractivity contribution in [1.82, 2.24) is 24.7 Å².